The molecule has 1 saturated heterocycles. The van der Waals surface area contributed by atoms with Gasteiger partial charge in [0.2, 0.25) is 5.91 Å². The number of carbonyl (C=O) groups is 3. The zero-order valence-electron chi connectivity index (χ0n) is 14.2. The van der Waals surface area contributed by atoms with Gasteiger partial charge in [-0.05, 0) is 38.8 Å². The Kier molecular flexibility index (Phi) is 5.95. The lowest BCUT2D eigenvalue weighted by atomic mass is 10.0. The van der Waals surface area contributed by atoms with Crippen molar-refractivity contribution in [2.75, 3.05) is 25.5 Å². The number of ether oxygens (including phenoxy) is 1. The van der Waals surface area contributed by atoms with E-state index in [1.807, 2.05) is 0 Å². The Bertz CT molecular complexity index is 656. The Morgan fingerprint density at radius 2 is 2.08 bits per heavy atom. The van der Waals surface area contributed by atoms with Crippen LogP contribution in [0.2, 0.25) is 0 Å². The molecule has 1 aromatic heterocycles. The molecule has 1 atom stereocenters. The number of nitrogens with zero attached hydrogens (tertiary/aromatic N) is 1. The van der Waals surface area contributed by atoms with Crippen molar-refractivity contribution in [3.63, 3.8) is 0 Å². The van der Waals surface area contributed by atoms with Crippen molar-refractivity contribution in [2.24, 2.45) is 5.73 Å². The number of nitrogens with one attached hydrogen (secondary N) is 1. The molecule has 0 unspecified atom stereocenters. The number of piperidine rings is 1. The second-order valence-electron chi connectivity index (χ2n) is 5.98. The molecule has 132 valence electrons. The van der Waals surface area contributed by atoms with Crippen LogP contribution in [0.15, 0.2) is 0 Å². The first-order chi connectivity index (χ1) is 11.3. The minimum Gasteiger partial charge on any atom is -0.465 e. The van der Waals surface area contributed by atoms with Crippen molar-refractivity contribution in [1.82, 2.24) is 4.90 Å². The molecule has 0 aliphatic carbocycles. The quantitative estimate of drug-likeness (QED) is 0.785. The molecule has 3 N–H and O–H groups in total. The monoisotopic (exact) mass is 353 g/mol. The Hall–Kier alpha value is -1.93. The molecule has 0 bridgehead atoms. The molecule has 0 saturated carbocycles. The second-order valence-corrected chi connectivity index (χ2v) is 7.00. The summed E-state index contributed by atoms with van der Waals surface area (Å²) in [7, 11) is 1.25. The molecule has 1 fully saturated rings. The number of likely N-dealkylation sites (tertiary alicyclic amines) is 1. The standard InChI is InChI=1S/C16H23N3O4S/c1-9-6-4-5-7-19(9)8-11(20)18-15-12(16(22)23-3)10(2)13(24-15)14(17)21/h9H,4-8H2,1-3H3,(H2,17,21)(H,18,20)/t9-/m0/s1. The zero-order chi connectivity index (χ0) is 17.9. The summed E-state index contributed by atoms with van der Waals surface area (Å²) in [6.45, 7) is 4.86. The summed E-state index contributed by atoms with van der Waals surface area (Å²) in [5, 5.41) is 3.05. The van der Waals surface area contributed by atoms with E-state index < -0.39 is 11.9 Å². The highest BCUT2D eigenvalue weighted by Gasteiger charge is 2.26. The Balaban J connectivity index is 2.18. The fourth-order valence-electron chi connectivity index (χ4n) is 2.93. The number of rotatable bonds is 5. The molecule has 0 radical (unpaired) electrons. The average Bonchev–Trinajstić information content (AvgIpc) is 2.85. The van der Waals surface area contributed by atoms with Crippen LogP contribution in [0.25, 0.3) is 0 Å². The van der Waals surface area contributed by atoms with Crippen LogP contribution < -0.4 is 11.1 Å². The fraction of sp³-hybridized carbons (Fsp3) is 0.562. The van der Waals surface area contributed by atoms with Gasteiger partial charge in [0.15, 0.2) is 0 Å². The first kappa shape index (κ1) is 18.4. The molecule has 7 nitrogen and oxygen atoms in total. The highest BCUT2D eigenvalue weighted by Crippen LogP contribution is 2.33. The molecular weight excluding hydrogens is 330 g/mol. The van der Waals surface area contributed by atoms with Crippen molar-refractivity contribution in [3.05, 3.63) is 16.0 Å². The highest BCUT2D eigenvalue weighted by atomic mass is 32.1. The molecule has 1 aromatic rings. The summed E-state index contributed by atoms with van der Waals surface area (Å²) in [5.74, 6) is -1.45. The highest BCUT2D eigenvalue weighted by molar-refractivity contribution is 7.18. The van der Waals surface area contributed by atoms with E-state index in [0.29, 0.717) is 16.6 Å². The van der Waals surface area contributed by atoms with Gasteiger partial charge in [0.05, 0.1) is 24.1 Å². The van der Waals surface area contributed by atoms with E-state index in [1.165, 1.54) is 13.5 Å². The predicted octanol–water partition coefficient (Wildman–Crippen LogP) is 1.75. The van der Waals surface area contributed by atoms with Crippen LogP contribution >= 0.6 is 11.3 Å². The number of nitrogens with two attached hydrogens (primary N) is 1. The number of carbonyl (C=O) groups excluding carboxylic acids is 3. The van der Waals surface area contributed by atoms with Crippen molar-refractivity contribution < 1.29 is 19.1 Å². The lowest BCUT2D eigenvalue weighted by Crippen LogP contribution is -2.42. The Morgan fingerprint density at radius 1 is 1.38 bits per heavy atom. The summed E-state index contributed by atoms with van der Waals surface area (Å²) >= 11 is 1.00. The van der Waals surface area contributed by atoms with E-state index in [0.717, 1.165) is 30.7 Å². The number of esters is 1. The number of primary amides is 1. The Labute approximate surface area is 145 Å². The van der Waals surface area contributed by atoms with E-state index in [1.54, 1.807) is 6.92 Å². The normalized spacial score (nSPS) is 18.2. The average molecular weight is 353 g/mol. The van der Waals surface area contributed by atoms with Gasteiger partial charge in [-0.15, -0.1) is 11.3 Å². The fourth-order valence-corrected chi connectivity index (χ4v) is 3.99. The van der Waals surface area contributed by atoms with Crippen molar-refractivity contribution in [3.8, 4) is 0 Å². The van der Waals surface area contributed by atoms with Crippen LogP contribution in [0.1, 0.15) is 51.8 Å². The van der Waals surface area contributed by atoms with Gasteiger partial charge in [-0.2, -0.15) is 0 Å². The van der Waals surface area contributed by atoms with Crippen LogP contribution in [0.5, 0.6) is 0 Å². The maximum atomic E-state index is 12.4. The molecule has 2 rings (SSSR count). The van der Waals surface area contributed by atoms with Crippen molar-refractivity contribution in [2.45, 2.75) is 39.2 Å². The van der Waals surface area contributed by atoms with Gasteiger partial charge in [-0.1, -0.05) is 6.42 Å². The second kappa shape index (κ2) is 7.76. The third kappa shape index (κ3) is 3.93. The molecule has 8 heteroatoms. The maximum Gasteiger partial charge on any atom is 0.341 e. The molecule has 2 amide bonds. The van der Waals surface area contributed by atoms with E-state index in [9.17, 15) is 14.4 Å². The first-order valence-corrected chi connectivity index (χ1v) is 8.72. The molecule has 1 aliphatic rings. The molecule has 1 aliphatic heterocycles. The third-order valence-electron chi connectivity index (χ3n) is 4.30. The summed E-state index contributed by atoms with van der Waals surface area (Å²) in [6.07, 6.45) is 3.33. The Morgan fingerprint density at radius 3 is 2.67 bits per heavy atom. The summed E-state index contributed by atoms with van der Waals surface area (Å²) in [5.41, 5.74) is 5.96. The summed E-state index contributed by atoms with van der Waals surface area (Å²) in [4.78, 5) is 38.2. The molecule has 0 spiro atoms. The van der Waals surface area contributed by atoms with Crippen LogP contribution in [-0.2, 0) is 9.53 Å². The van der Waals surface area contributed by atoms with Gasteiger partial charge in [0.1, 0.15) is 5.00 Å². The van der Waals surface area contributed by atoms with E-state index in [4.69, 9.17) is 10.5 Å². The third-order valence-corrected chi connectivity index (χ3v) is 5.52. The van der Waals surface area contributed by atoms with Gasteiger partial charge in [0.25, 0.3) is 5.91 Å². The number of anilines is 1. The van der Waals surface area contributed by atoms with Gasteiger partial charge < -0.3 is 15.8 Å². The van der Waals surface area contributed by atoms with Crippen molar-refractivity contribution in [1.29, 1.82) is 0 Å². The van der Waals surface area contributed by atoms with Crippen molar-refractivity contribution >= 4 is 34.1 Å². The minimum atomic E-state index is -0.632. The lowest BCUT2D eigenvalue weighted by Gasteiger charge is -2.32. The summed E-state index contributed by atoms with van der Waals surface area (Å²) < 4.78 is 4.75. The van der Waals surface area contributed by atoms with Gasteiger partial charge in [-0.3, -0.25) is 14.5 Å². The molecule has 0 aromatic carbocycles. The largest absolute Gasteiger partial charge is 0.465 e. The number of hydrogen-bond acceptors (Lipinski definition) is 6. The van der Waals surface area contributed by atoms with Crippen LogP contribution in [-0.4, -0.2) is 48.9 Å². The summed E-state index contributed by atoms with van der Waals surface area (Å²) in [6, 6.07) is 0.357. The number of methoxy groups -OCH3 is 1. The van der Waals surface area contributed by atoms with E-state index in [2.05, 4.69) is 17.1 Å². The zero-order valence-corrected chi connectivity index (χ0v) is 15.0. The maximum absolute atomic E-state index is 12.4. The first-order valence-electron chi connectivity index (χ1n) is 7.90. The van der Waals surface area contributed by atoms with E-state index >= 15 is 0 Å². The number of thiophene rings is 1. The molecular formula is C16H23N3O4S. The van der Waals surface area contributed by atoms with Crippen LogP contribution in [0.4, 0.5) is 5.00 Å². The van der Waals surface area contributed by atoms with Gasteiger partial charge in [0, 0.05) is 6.04 Å². The van der Waals surface area contributed by atoms with Gasteiger partial charge in [-0.25, -0.2) is 4.79 Å². The molecule has 2 heterocycles. The van der Waals surface area contributed by atoms with Crippen LogP contribution in [0.3, 0.4) is 0 Å². The topological polar surface area (TPSA) is 102 Å². The van der Waals surface area contributed by atoms with Gasteiger partial charge >= 0.3 is 5.97 Å². The minimum absolute atomic E-state index is 0.191. The predicted molar refractivity (Wildman–Crippen MR) is 92.4 cm³/mol. The SMILES string of the molecule is COC(=O)c1c(NC(=O)CN2CCCC[C@@H]2C)sc(C(N)=O)c1C. The lowest BCUT2D eigenvalue weighted by molar-refractivity contribution is -0.118. The smallest absolute Gasteiger partial charge is 0.341 e. The number of hydrogen-bond donors (Lipinski definition) is 2. The number of amides is 2. The van der Waals surface area contributed by atoms with Crippen LogP contribution in [0, 0.1) is 6.92 Å². The molecule has 24 heavy (non-hydrogen) atoms. The van der Waals surface area contributed by atoms with E-state index in [-0.39, 0.29) is 22.9 Å².